The quantitative estimate of drug-likeness (QED) is 0.334. The molecule has 19 heavy (non-hydrogen) atoms. The van der Waals surface area contributed by atoms with Crippen molar-refractivity contribution in [1.82, 2.24) is 21.5 Å². The molecule has 0 fully saturated rings. The average molecular weight is 302 g/mol. The molecular weight excluding hydrogens is 280 g/mol. The fraction of sp³-hybridized carbons (Fsp3) is 0.636. The lowest BCUT2D eigenvalue weighted by Crippen LogP contribution is -2.29. The Balaban J connectivity index is 3.89. The summed E-state index contributed by atoms with van der Waals surface area (Å²) in [6, 6.07) is 0. The number of hydrazone groups is 2. The fourth-order valence-electron chi connectivity index (χ4n) is 1.12. The summed E-state index contributed by atoms with van der Waals surface area (Å²) in [5.74, 6) is 0. The van der Waals surface area contributed by atoms with Crippen LogP contribution in [0, 0.1) is 0 Å². The first kappa shape index (κ1) is 17.7. The van der Waals surface area contributed by atoms with Crippen LogP contribution < -0.4 is 21.5 Å². The van der Waals surface area contributed by atoms with Gasteiger partial charge in [0.1, 0.15) is 0 Å². The second-order valence-corrected chi connectivity index (χ2v) is 4.75. The molecule has 0 atom stereocenters. The van der Waals surface area contributed by atoms with Gasteiger partial charge < -0.3 is 10.6 Å². The van der Waals surface area contributed by atoms with Crippen molar-refractivity contribution >= 4 is 46.1 Å². The monoisotopic (exact) mass is 302 g/mol. The summed E-state index contributed by atoms with van der Waals surface area (Å²) in [6.45, 7) is 3.93. The van der Waals surface area contributed by atoms with Crippen molar-refractivity contribution in [3.8, 4) is 0 Å². The van der Waals surface area contributed by atoms with Gasteiger partial charge in [-0.2, -0.15) is 10.2 Å². The van der Waals surface area contributed by atoms with Crippen molar-refractivity contribution in [2.24, 2.45) is 10.2 Å². The Morgan fingerprint density at radius 2 is 1.21 bits per heavy atom. The molecule has 0 aliphatic carbocycles. The van der Waals surface area contributed by atoms with E-state index in [-0.39, 0.29) is 0 Å². The molecular formula is C11H22N6S2. The van der Waals surface area contributed by atoms with E-state index in [1.807, 2.05) is 13.8 Å². The lowest BCUT2D eigenvalue weighted by Gasteiger charge is -2.05. The van der Waals surface area contributed by atoms with Gasteiger partial charge in [0.05, 0.1) is 0 Å². The van der Waals surface area contributed by atoms with Crippen LogP contribution in [0.4, 0.5) is 0 Å². The first-order valence-corrected chi connectivity index (χ1v) is 6.83. The highest BCUT2D eigenvalue weighted by Gasteiger charge is 1.97. The molecule has 0 amide bonds. The molecule has 0 aliphatic heterocycles. The van der Waals surface area contributed by atoms with E-state index in [1.165, 1.54) is 0 Å². The molecule has 0 radical (unpaired) electrons. The Labute approximate surface area is 125 Å². The Morgan fingerprint density at radius 1 is 0.842 bits per heavy atom. The molecule has 0 bridgehead atoms. The number of hydrogen-bond acceptors (Lipinski definition) is 4. The predicted octanol–water partition coefficient (Wildman–Crippen LogP) is 1.10. The fourth-order valence-corrected chi connectivity index (χ4v) is 1.21. The summed E-state index contributed by atoms with van der Waals surface area (Å²) in [5.41, 5.74) is 7.52. The molecule has 4 N–H and O–H groups in total. The smallest absolute Gasteiger partial charge is 0.186 e. The van der Waals surface area contributed by atoms with Gasteiger partial charge in [-0.1, -0.05) is 0 Å². The third-order valence-electron chi connectivity index (χ3n) is 2.23. The van der Waals surface area contributed by atoms with Gasteiger partial charge in [0.15, 0.2) is 10.2 Å². The molecule has 0 rings (SSSR count). The summed E-state index contributed by atoms with van der Waals surface area (Å²) >= 11 is 9.85. The average Bonchev–Trinajstić information content (AvgIpc) is 2.41. The maximum absolute atomic E-state index is 4.92. The summed E-state index contributed by atoms with van der Waals surface area (Å²) in [5, 5.41) is 14.9. The first-order chi connectivity index (χ1) is 8.99. The van der Waals surface area contributed by atoms with Crippen molar-refractivity contribution in [3.05, 3.63) is 0 Å². The second kappa shape index (κ2) is 10.6. The molecule has 108 valence electrons. The standard InChI is InChI=1S/C11H22N6S2/c1-8(14-16-10(18)12-3)6-5-7-9(2)15-17-11(19)13-4/h5-7H2,1-4H3,(H2,12,16,18)(H2,13,17,19)/b14-8-,15-9+. The summed E-state index contributed by atoms with van der Waals surface area (Å²) < 4.78 is 0. The first-order valence-electron chi connectivity index (χ1n) is 6.01. The molecule has 0 unspecified atom stereocenters. The van der Waals surface area contributed by atoms with Crippen molar-refractivity contribution in [1.29, 1.82) is 0 Å². The van der Waals surface area contributed by atoms with Gasteiger partial charge in [0.25, 0.3) is 0 Å². The molecule has 0 spiro atoms. The molecule has 0 saturated carbocycles. The number of thiocarbonyl (C=S) groups is 2. The Bertz CT molecular complexity index is 330. The van der Waals surface area contributed by atoms with E-state index in [2.05, 4.69) is 31.7 Å². The normalized spacial score (nSPS) is 11.8. The van der Waals surface area contributed by atoms with Gasteiger partial charge in [0, 0.05) is 25.5 Å². The summed E-state index contributed by atoms with van der Waals surface area (Å²) in [7, 11) is 3.51. The zero-order valence-electron chi connectivity index (χ0n) is 11.8. The molecule has 0 heterocycles. The molecule has 0 saturated heterocycles. The maximum atomic E-state index is 4.92. The largest absolute Gasteiger partial charge is 0.364 e. The molecule has 0 aromatic carbocycles. The minimum absolute atomic E-state index is 0.516. The number of hydrogen-bond donors (Lipinski definition) is 4. The van der Waals surface area contributed by atoms with E-state index in [0.717, 1.165) is 30.7 Å². The predicted molar refractivity (Wildman–Crippen MR) is 89.7 cm³/mol. The van der Waals surface area contributed by atoms with Crippen LogP contribution in [0.3, 0.4) is 0 Å². The third-order valence-corrected chi connectivity index (χ3v) is 2.82. The Morgan fingerprint density at radius 3 is 1.53 bits per heavy atom. The second-order valence-electron chi connectivity index (χ2n) is 3.93. The highest BCUT2D eigenvalue weighted by molar-refractivity contribution is 7.80. The van der Waals surface area contributed by atoms with Crippen LogP contribution >= 0.6 is 24.4 Å². The molecule has 0 aromatic heterocycles. The van der Waals surface area contributed by atoms with Gasteiger partial charge in [-0.25, -0.2) is 0 Å². The van der Waals surface area contributed by atoms with Gasteiger partial charge in [-0.15, -0.1) is 0 Å². The van der Waals surface area contributed by atoms with E-state index in [9.17, 15) is 0 Å². The van der Waals surface area contributed by atoms with E-state index in [4.69, 9.17) is 24.4 Å². The summed E-state index contributed by atoms with van der Waals surface area (Å²) in [6.07, 6.45) is 2.76. The molecule has 8 heteroatoms. The lowest BCUT2D eigenvalue weighted by atomic mass is 10.1. The Hall–Kier alpha value is -1.28. The zero-order chi connectivity index (χ0) is 14.7. The molecule has 0 aliphatic rings. The number of rotatable bonds is 6. The van der Waals surface area contributed by atoms with Crippen molar-refractivity contribution in [2.45, 2.75) is 33.1 Å². The van der Waals surface area contributed by atoms with Crippen LogP contribution in [-0.2, 0) is 0 Å². The van der Waals surface area contributed by atoms with Crippen LogP contribution in [-0.4, -0.2) is 35.7 Å². The lowest BCUT2D eigenvalue weighted by molar-refractivity contribution is 0.875. The van der Waals surface area contributed by atoms with Gasteiger partial charge in [0.2, 0.25) is 0 Å². The van der Waals surface area contributed by atoms with Crippen LogP contribution in [0.15, 0.2) is 10.2 Å². The molecule has 6 nitrogen and oxygen atoms in total. The van der Waals surface area contributed by atoms with Crippen LogP contribution in [0.2, 0.25) is 0 Å². The third kappa shape index (κ3) is 10.3. The number of nitrogens with zero attached hydrogens (tertiary/aromatic N) is 2. The summed E-state index contributed by atoms with van der Waals surface area (Å²) in [4.78, 5) is 0. The van der Waals surface area contributed by atoms with Crippen LogP contribution in [0.1, 0.15) is 33.1 Å². The van der Waals surface area contributed by atoms with E-state index in [0.29, 0.717) is 10.2 Å². The van der Waals surface area contributed by atoms with E-state index < -0.39 is 0 Å². The van der Waals surface area contributed by atoms with Gasteiger partial charge >= 0.3 is 0 Å². The van der Waals surface area contributed by atoms with Crippen LogP contribution in [0.25, 0.3) is 0 Å². The maximum Gasteiger partial charge on any atom is 0.186 e. The minimum Gasteiger partial charge on any atom is -0.364 e. The van der Waals surface area contributed by atoms with Gasteiger partial charge in [-0.3, -0.25) is 10.9 Å². The number of nitrogens with one attached hydrogen (secondary N) is 4. The van der Waals surface area contributed by atoms with E-state index in [1.54, 1.807) is 14.1 Å². The van der Waals surface area contributed by atoms with Crippen molar-refractivity contribution in [2.75, 3.05) is 14.1 Å². The topological polar surface area (TPSA) is 72.8 Å². The highest BCUT2D eigenvalue weighted by atomic mass is 32.1. The van der Waals surface area contributed by atoms with Gasteiger partial charge in [-0.05, 0) is 57.5 Å². The van der Waals surface area contributed by atoms with Crippen molar-refractivity contribution < 1.29 is 0 Å². The van der Waals surface area contributed by atoms with Crippen LogP contribution in [0.5, 0.6) is 0 Å². The zero-order valence-corrected chi connectivity index (χ0v) is 13.5. The van der Waals surface area contributed by atoms with Crippen molar-refractivity contribution in [3.63, 3.8) is 0 Å². The SMILES string of the molecule is CNC(=S)N/N=C(/C)CCC/C(C)=N/NC(=S)NC. The van der Waals surface area contributed by atoms with E-state index >= 15 is 0 Å². The molecule has 0 aromatic rings. The minimum atomic E-state index is 0.516. The highest BCUT2D eigenvalue weighted by Crippen LogP contribution is 1.99. The Kier molecular flexibility index (Phi) is 9.91.